The maximum Gasteiger partial charge on any atom is 0.326 e. The summed E-state index contributed by atoms with van der Waals surface area (Å²) >= 11 is 0.766. The number of ether oxygens (including phenoxy) is 1. The van der Waals surface area contributed by atoms with Crippen LogP contribution in [-0.2, 0) is 14.3 Å². The van der Waals surface area contributed by atoms with Gasteiger partial charge in [0.2, 0.25) is 0 Å². The Bertz CT molecular complexity index is 1430. The SMILES string of the molecule is Cc1cc(C=C2SC(=O)N(CC(=O)OC(C)C)C2=O)c(C)n1-n1c(C)nc2ccccc2c1=O. The van der Waals surface area contributed by atoms with Crippen LogP contribution in [0.2, 0.25) is 0 Å². The molecule has 0 radical (unpaired) electrons. The molecule has 0 bridgehead atoms. The van der Waals surface area contributed by atoms with Gasteiger partial charge in [0.1, 0.15) is 12.4 Å². The highest BCUT2D eigenvalue weighted by molar-refractivity contribution is 8.18. The van der Waals surface area contributed by atoms with Crippen LogP contribution in [0.15, 0.2) is 40.0 Å². The topological polar surface area (TPSA) is 104 Å². The number of carbonyl (C=O) groups excluding carboxylic acids is 3. The van der Waals surface area contributed by atoms with Gasteiger partial charge >= 0.3 is 5.97 Å². The molecule has 10 heteroatoms. The number of aryl methyl sites for hydroxylation is 2. The zero-order valence-electron chi connectivity index (χ0n) is 19.5. The van der Waals surface area contributed by atoms with Crippen LogP contribution >= 0.6 is 11.8 Å². The average Bonchev–Trinajstić information content (AvgIpc) is 3.18. The van der Waals surface area contributed by atoms with Crippen LogP contribution < -0.4 is 5.56 Å². The summed E-state index contributed by atoms with van der Waals surface area (Å²) in [5.41, 5.74) is 2.54. The van der Waals surface area contributed by atoms with Crippen LogP contribution in [0.5, 0.6) is 0 Å². The molecule has 2 amide bonds. The zero-order valence-corrected chi connectivity index (χ0v) is 20.3. The Labute approximate surface area is 200 Å². The second kappa shape index (κ2) is 8.94. The molecule has 34 heavy (non-hydrogen) atoms. The van der Waals surface area contributed by atoms with Gasteiger partial charge in [-0.2, -0.15) is 4.68 Å². The first-order chi connectivity index (χ1) is 16.1. The lowest BCUT2D eigenvalue weighted by molar-refractivity contribution is -0.149. The highest BCUT2D eigenvalue weighted by atomic mass is 32.2. The number of imide groups is 1. The predicted molar refractivity (Wildman–Crippen MR) is 129 cm³/mol. The summed E-state index contributed by atoms with van der Waals surface area (Å²) in [5.74, 6) is -0.683. The van der Waals surface area contributed by atoms with E-state index in [0.717, 1.165) is 22.4 Å². The Morgan fingerprint density at radius 3 is 2.53 bits per heavy atom. The molecule has 176 valence electrons. The van der Waals surface area contributed by atoms with Crippen molar-refractivity contribution in [2.75, 3.05) is 6.54 Å². The van der Waals surface area contributed by atoms with Crippen molar-refractivity contribution in [2.24, 2.45) is 0 Å². The molecule has 2 aromatic heterocycles. The van der Waals surface area contributed by atoms with E-state index in [2.05, 4.69) is 4.98 Å². The van der Waals surface area contributed by atoms with E-state index >= 15 is 0 Å². The van der Waals surface area contributed by atoms with Crippen molar-refractivity contribution in [3.63, 3.8) is 0 Å². The molecule has 1 fully saturated rings. The molecular weight excluding hydrogens is 456 g/mol. The molecule has 1 aliphatic rings. The van der Waals surface area contributed by atoms with Crippen LogP contribution in [0, 0.1) is 20.8 Å². The number of amides is 2. The van der Waals surface area contributed by atoms with Gasteiger partial charge in [-0.3, -0.25) is 28.8 Å². The van der Waals surface area contributed by atoms with E-state index in [1.54, 1.807) is 49.7 Å². The number of hydrogen-bond donors (Lipinski definition) is 0. The second-order valence-electron chi connectivity index (χ2n) is 8.24. The summed E-state index contributed by atoms with van der Waals surface area (Å²) in [6, 6.07) is 8.98. The third kappa shape index (κ3) is 4.16. The molecule has 0 unspecified atom stereocenters. The Kier molecular flexibility index (Phi) is 6.18. The summed E-state index contributed by atoms with van der Waals surface area (Å²) < 4.78 is 8.29. The molecule has 4 rings (SSSR count). The Balaban J connectivity index is 1.71. The predicted octanol–water partition coefficient (Wildman–Crippen LogP) is 3.42. The van der Waals surface area contributed by atoms with Crippen molar-refractivity contribution < 1.29 is 19.1 Å². The molecule has 0 aliphatic carbocycles. The van der Waals surface area contributed by atoms with Crippen LogP contribution in [0.25, 0.3) is 17.0 Å². The Hall–Kier alpha value is -3.66. The minimum absolute atomic E-state index is 0.198. The number of nitrogens with zero attached hydrogens (tertiary/aromatic N) is 4. The van der Waals surface area contributed by atoms with Crippen LogP contribution in [0.4, 0.5) is 4.79 Å². The van der Waals surface area contributed by atoms with Gasteiger partial charge in [-0.25, -0.2) is 4.98 Å². The van der Waals surface area contributed by atoms with Gasteiger partial charge in [0, 0.05) is 11.4 Å². The van der Waals surface area contributed by atoms with E-state index in [9.17, 15) is 19.2 Å². The quantitative estimate of drug-likeness (QED) is 0.407. The fourth-order valence-electron chi connectivity index (χ4n) is 3.91. The number of esters is 1. The number of hydrogen-bond acceptors (Lipinski definition) is 7. The summed E-state index contributed by atoms with van der Waals surface area (Å²) in [5, 5.41) is -0.0342. The highest BCUT2D eigenvalue weighted by Crippen LogP contribution is 2.33. The van der Waals surface area contributed by atoms with E-state index < -0.39 is 23.7 Å². The van der Waals surface area contributed by atoms with Gasteiger partial charge < -0.3 is 4.74 Å². The minimum atomic E-state index is -0.643. The number of fused-ring (bicyclic) bond motifs is 1. The van der Waals surface area contributed by atoms with Gasteiger partial charge in [0.25, 0.3) is 16.7 Å². The molecule has 0 spiro atoms. The third-order valence-electron chi connectivity index (χ3n) is 5.36. The first kappa shape index (κ1) is 23.5. The molecule has 0 atom stereocenters. The number of rotatable bonds is 5. The summed E-state index contributed by atoms with van der Waals surface area (Å²) in [6.07, 6.45) is 1.26. The summed E-state index contributed by atoms with van der Waals surface area (Å²) in [4.78, 5) is 56.0. The molecule has 1 saturated heterocycles. The van der Waals surface area contributed by atoms with Crippen LogP contribution in [0.3, 0.4) is 0 Å². The fraction of sp³-hybridized carbons (Fsp3) is 0.292. The van der Waals surface area contributed by atoms with E-state index in [1.807, 2.05) is 26.0 Å². The molecule has 9 nitrogen and oxygen atoms in total. The second-order valence-corrected chi connectivity index (χ2v) is 9.23. The molecule has 3 aromatic rings. The van der Waals surface area contributed by atoms with Gasteiger partial charge in [-0.05, 0) is 76.2 Å². The summed E-state index contributed by atoms with van der Waals surface area (Å²) in [7, 11) is 0. The van der Waals surface area contributed by atoms with Crippen molar-refractivity contribution in [1.82, 2.24) is 19.2 Å². The number of benzene rings is 1. The number of carbonyl (C=O) groups is 3. The molecule has 3 heterocycles. The number of thioether (sulfide) groups is 1. The third-order valence-corrected chi connectivity index (χ3v) is 6.27. The lowest BCUT2D eigenvalue weighted by Gasteiger charge is -2.16. The van der Waals surface area contributed by atoms with Gasteiger partial charge in [-0.1, -0.05) is 12.1 Å². The molecular formula is C24H24N4O5S. The monoisotopic (exact) mass is 480 g/mol. The van der Waals surface area contributed by atoms with E-state index in [1.165, 1.54) is 4.68 Å². The van der Waals surface area contributed by atoms with Crippen molar-refractivity contribution in [2.45, 2.75) is 40.7 Å². The van der Waals surface area contributed by atoms with Crippen LogP contribution in [0.1, 0.15) is 36.6 Å². The van der Waals surface area contributed by atoms with E-state index in [-0.39, 0.29) is 16.6 Å². The smallest absolute Gasteiger partial charge is 0.326 e. The molecule has 0 N–H and O–H groups in total. The van der Waals surface area contributed by atoms with Gasteiger partial charge in [-0.15, -0.1) is 0 Å². The zero-order chi connectivity index (χ0) is 24.7. The van der Waals surface area contributed by atoms with E-state index in [4.69, 9.17) is 4.74 Å². The fourth-order valence-corrected chi connectivity index (χ4v) is 4.74. The lowest BCUT2D eigenvalue weighted by Crippen LogP contribution is -2.35. The highest BCUT2D eigenvalue weighted by Gasteiger charge is 2.37. The van der Waals surface area contributed by atoms with Crippen molar-refractivity contribution in [3.05, 3.63) is 68.4 Å². The largest absolute Gasteiger partial charge is 0.462 e. The summed E-state index contributed by atoms with van der Waals surface area (Å²) in [6.45, 7) is 8.38. The first-order valence-corrected chi connectivity index (χ1v) is 11.5. The minimum Gasteiger partial charge on any atom is -0.462 e. The van der Waals surface area contributed by atoms with Crippen molar-refractivity contribution in [3.8, 4) is 0 Å². The van der Waals surface area contributed by atoms with Gasteiger partial charge in [0.15, 0.2) is 0 Å². The van der Waals surface area contributed by atoms with Crippen molar-refractivity contribution >= 4 is 45.9 Å². The normalized spacial score (nSPS) is 15.2. The van der Waals surface area contributed by atoms with Gasteiger partial charge in [0.05, 0.1) is 21.9 Å². The van der Waals surface area contributed by atoms with E-state index in [0.29, 0.717) is 28.0 Å². The first-order valence-electron chi connectivity index (χ1n) is 10.7. The molecule has 1 aromatic carbocycles. The maximum absolute atomic E-state index is 13.3. The average molecular weight is 481 g/mol. The number of para-hydroxylation sites is 1. The van der Waals surface area contributed by atoms with Crippen LogP contribution in [-0.4, -0.2) is 49.0 Å². The molecule has 0 saturated carbocycles. The maximum atomic E-state index is 13.3. The Morgan fingerprint density at radius 1 is 1.12 bits per heavy atom. The lowest BCUT2D eigenvalue weighted by atomic mass is 10.2. The Morgan fingerprint density at radius 2 is 1.82 bits per heavy atom. The molecule has 1 aliphatic heterocycles. The van der Waals surface area contributed by atoms with Crippen molar-refractivity contribution in [1.29, 1.82) is 0 Å². The number of aromatic nitrogens is 3. The standard InChI is InChI=1S/C24H24N4O5S/c1-13(2)33-21(29)12-26-23(31)20(34-24(26)32)11-17-10-14(3)27(15(17)4)28-16(5)25-19-9-7-6-8-18(19)22(28)30/h6-11,13H,12H2,1-5H3.